The molecule has 1 aliphatic carbocycles. The number of nitrogens with one attached hydrogen (secondary N) is 2. The first-order chi connectivity index (χ1) is 10.8. The molecule has 1 fully saturated rings. The van der Waals surface area contributed by atoms with Gasteiger partial charge in [-0.25, -0.2) is 9.59 Å². The van der Waals surface area contributed by atoms with Gasteiger partial charge in [-0.2, -0.15) is 0 Å². The molecule has 0 bridgehead atoms. The number of hydrogen-bond donors (Lipinski definition) is 2. The van der Waals surface area contributed by atoms with E-state index in [0.29, 0.717) is 5.56 Å². The van der Waals surface area contributed by atoms with Gasteiger partial charge in [0.15, 0.2) is 6.04 Å². The van der Waals surface area contributed by atoms with Crippen LogP contribution in [-0.4, -0.2) is 23.6 Å². The average molecular weight is 318 g/mol. The summed E-state index contributed by atoms with van der Waals surface area (Å²) in [7, 11) is 0. The summed E-state index contributed by atoms with van der Waals surface area (Å²) in [4.78, 5) is 24.7. The highest BCUT2D eigenvalue weighted by molar-refractivity contribution is 5.85. The van der Waals surface area contributed by atoms with Crippen molar-refractivity contribution < 1.29 is 14.3 Å². The van der Waals surface area contributed by atoms with Crippen molar-refractivity contribution >= 4 is 12.0 Å². The van der Waals surface area contributed by atoms with Crippen molar-refractivity contribution in [1.29, 1.82) is 0 Å². The number of rotatable bonds is 4. The van der Waals surface area contributed by atoms with Crippen LogP contribution in [0.2, 0.25) is 0 Å². The van der Waals surface area contributed by atoms with Gasteiger partial charge in [-0.3, -0.25) is 0 Å². The lowest BCUT2D eigenvalue weighted by Crippen LogP contribution is -2.45. The Labute approximate surface area is 137 Å². The molecule has 1 unspecified atom stereocenters. The third kappa shape index (κ3) is 5.58. The minimum atomic E-state index is -0.808. The summed E-state index contributed by atoms with van der Waals surface area (Å²) < 4.78 is 5.44. The van der Waals surface area contributed by atoms with Gasteiger partial charge in [0.2, 0.25) is 0 Å². The molecule has 126 valence electrons. The van der Waals surface area contributed by atoms with E-state index in [4.69, 9.17) is 4.74 Å². The normalized spacial score (nSPS) is 16.7. The van der Waals surface area contributed by atoms with E-state index in [1.54, 1.807) is 0 Å². The first kappa shape index (κ1) is 17.3. The Balaban J connectivity index is 2.06. The Morgan fingerprint density at radius 2 is 1.74 bits per heavy atom. The highest BCUT2D eigenvalue weighted by atomic mass is 16.6. The minimum absolute atomic E-state index is 0.199. The summed E-state index contributed by atoms with van der Waals surface area (Å²) in [5.74, 6) is -0.453. The van der Waals surface area contributed by atoms with Gasteiger partial charge in [0.1, 0.15) is 5.60 Å². The highest BCUT2D eigenvalue weighted by Crippen LogP contribution is 2.20. The van der Waals surface area contributed by atoms with Crippen LogP contribution in [0.1, 0.15) is 58.1 Å². The van der Waals surface area contributed by atoms with Crippen LogP contribution in [0.25, 0.3) is 0 Å². The van der Waals surface area contributed by atoms with E-state index in [2.05, 4.69) is 10.6 Å². The lowest BCUT2D eigenvalue weighted by atomic mass is 10.1. The largest absolute Gasteiger partial charge is 0.458 e. The number of urea groups is 1. The summed E-state index contributed by atoms with van der Waals surface area (Å²) in [5, 5.41) is 5.70. The van der Waals surface area contributed by atoms with E-state index >= 15 is 0 Å². The Kier molecular flexibility index (Phi) is 5.64. The lowest BCUT2D eigenvalue weighted by Gasteiger charge is -2.25. The molecule has 0 spiro atoms. The third-order valence-corrected chi connectivity index (χ3v) is 3.74. The summed E-state index contributed by atoms with van der Waals surface area (Å²) >= 11 is 0. The number of benzene rings is 1. The minimum Gasteiger partial charge on any atom is -0.458 e. The van der Waals surface area contributed by atoms with Crippen molar-refractivity contribution in [3.63, 3.8) is 0 Å². The lowest BCUT2D eigenvalue weighted by molar-refractivity contribution is -0.157. The summed E-state index contributed by atoms with van der Waals surface area (Å²) in [6, 6.07) is 8.23. The van der Waals surface area contributed by atoms with Crippen LogP contribution >= 0.6 is 0 Å². The summed E-state index contributed by atoms with van der Waals surface area (Å²) in [6.45, 7) is 5.43. The van der Waals surface area contributed by atoms with Crippen molar-refractivity contribution in [1.82, 2.24) is 10.6 Å². The van der Waals surface area contributed by atoms with Crippen molar-refractivity contribution in [2.45, 2.75) is 64.1 Å². The van der Waals surface area contributed by atoms with Crippen molar-refractivity contribution in [3.05, 3.63) is 35.9 Å². The Hall–Kier alpha value is -2.04. The number of ether oxygens (including phenoxy) is 1. The quantitative estimate of drug-likeness (QED) is 0.837. The second-order valence-electron chi connectivity index (χ2n) is 6.98. The van der Waals surface area contributed by atoms with Gasteiger partial charge in [0, 0.05) is 6.04 Å². The van der Waals surface area contributed by atoms with E-state index in [9.17, 15) is 9.59 Å². The van der Waals surface area contributed by atoms with Gasteiger partial charge in [-0.15, -0.1) is 0 Å². The third-order valence-electron chi connectivity index (χ3n) is 3.74. The maximum Gasteiger partial charge on any atom is 0.333 e. The van der Waals surface area contributed by atoms with Crippen LogP contribution in [-0.2, 0) is 9.53 Å². The molecule has 23 heavy (non-hydrogen) atoms. The molecule has 2 amide bonds. The zero-order chi connectivity index (χ0) is 16.9. The van der Waals surface area contributed by atoms with Crippen LogP contribution < -0.4 is 10.6 Å². The van der Waals surface area contributed by atoms with Gasteiger partial charge in [-0.1, -0.05) is 43.2 Å². The number of carbonyl (C=O) groups excluding carboxylic acids is 2. The molecular formula is C18H26N2O3. The smallest absolute Gasteiger partial charge is 0.333 e. The van der Waals surface area contributed by atoms with Crippen LogP contribution in [0.3, 0.4) is 0 Å². The molecule has 1 atom stereocenters. The fraction of sp³-hybridized carbons (Fsp3) is 0.556. The first-order valence-electron chi connectivity index (χ1n) is 8.20. The fourth-order valence-corrected chi connectivity index (χ4v) is 2.71. The number of esters is 1. The highest BCUT2D eigenvalue weighted by Gasteiger charge is 2.29. The number of carbonyl (C=O) groups is 2. The van der Waals surface area contributed by atoms with Crippen molar-refractivity contribution in [3.8, 4) is 0 Å². The van der Waals surface area contributed by atoms with Gasteiger partial charge >= 0.3 is 12.0 Å². The summed E-state index contributed by atoms with van der Waals surface area (Å²) in [6.07, 6.45) is 4.27. The van der Waals surface area contributed by atoms with Crippen molar-refractivity contribution in [2.24, 2.45) is 0 Å². The SMILES string of the molecule is CC(C)(C)OC(=O)C(NC(=O)NC1CCCC1)c1ccccc1. The van der Waals surface area contributed by atoms with Crippen LogP contribution in [0, 0.1) is 0 Å². The summed E-state index contributed by atoms with van der Waals surface area (Å²) in [5.41, 5.74) is 0.108. The van der Waals surface area contributed by atoms with Gasteiger partial charge < -0.3 is 15.4 Å². The van der Waals surface area contributed by atoms with Gasteiger partial charge in [0.25, 0.3) is 0 Å². The monoisotopic (exact) mass is 318 g/mol. The van der Waals surface area contributed by atoms with Crippen LogP contribution in [0.4, 0.5) is 4.79 Å². The van der Waals surface area contributed by atoms with E-state index in [1.807, 2.05) is 51.1 Å². The predicted molar refractivity (Wildman–Crippen MR) is 89.0 cm³/mol. The Morgan fingerprint density at radius 3 is 2.30 bits per heavy atom. The molecule has 1 saturated carbocycles. The van der Waals surface area contributed by atoms with E-state index in [1.165, 1.54) is 0 Å². The second kappa shape index (κ2) is 7.49. The molecule has 0 radical (unpaired) electrons. The second-order valence-corrected chi connectivity index (χ2v) is 6.98. The van der Waals surface area contributed by atoms with E-state index in [-0.39, 0.29) is 12.1 Å². The molecular weight excluding hydrogens is 292 g/mol. The van der Waals surface area contributed by atoms with E-state index < -0.39 is 17.6 Å². The Bertz CT molecular complexity index is 531. The molecule has 0 saturated heterocycles. The molecule has 5 nitrogen and oxygen atoms in total. The number of hydrogen-bond acceptors (Lipinski definition) is 3. The fourth-order valence-electron chi connectivity index (χ4n) is 2.71. The average Bonchev–Trinajstić information content (AvgIpc) is 2.96. The van der Waals surface area contributed by atoms with Crippen LogP contribution in [0.5, 0.6) is 0 Å². The number of amides is 2. The molecule has 0 aromatic heterocycles. The van der Waals surface area contributed by atoms with Gasteiger partial charge in [-0.05, 0) is 39.2 Å². The van der Waals surface area contributed by atoms with Crippen LogP contribution in [0.15, 0.2) is 30.3 Å². The molecule has 1 aromatic carbocycles. The molecule has 5 heteroatoms. The molecule has 2 N–H and O–H groups in total. The maximum absolute atomic E-state index is 12.5. The zero-order valence-electron chi connectivity index (χ0n) is 14.1. The molecule has 1 aromatic rings. The van der Waals surface area contributed by atoms with Gasteiger partial charge in [0.05, 0.1) is 0 Å². The Morgan fingerprint density at radius 1 is 1.13 bits per heavy atom. The van der Waals surface area contributed by atoms with Crippen molar-refractivity contribution in [2.75, 3.05) is 0 Å². The first-order valence-corrected chi connectivity index (χ1v) is 8.20. The molecule has 0 aliphatic heterocycles. The molecule has 1 aliphatic rings. The molecule has 0 heterocycles. The van der Waals surface area contributed by atoms with E-state index in [0.717, 1.165) is 25.7 Å². The maximum atomic E-state index is 12.5. The predicted octanol–water partition coefficient (Wildman–Crippen LogP) is 3.31. The standard InChI is InChI=1S/C18H26N2O3/c1-18(2,3)23-16(21)15(13-9-5-4-6-10-13)20-17(22)19-14-11-7-8-12-14/h4-6,9-10,14-15H,7-8,11-12H2,1-3H3,(H2,19,20,22). The topological polar surface area (TPSA) is 67.4 Å². The zero-order valence-corrected chi connectivity index (χ0v) is 14.1. The molecule has 2 rings (SSSR count).